The van der Waals surface area contributed by atoms with Gasteiger partial charge in [0, 0.05) is 44.7 Å². The number of carbonyl (C=O) groups excluding carboxylic acids is 2. The van der Waals surface area contributed by atoms with Crippen LogP contribution >= 0.6 is 11.3 Å². The van der Waals surface area contributed by atoms with Crippen LogP contribution in [0.2, 0.25) is 0 Å². The van der Waals surface area contributed by atoms with E-state index in [9.17, 15) is 14.7 Å². The van der Waals surface area contributed by atoms with E-state index >= 15 is 0 Å². The van der Waals surface area contributed by atoms with E-state index in [4.69, 9.17) is 4.74 Å². The summed E-state index contributed by atoms with van der Waals surface area (Å²) in [6, 6.07) is 7.11. The van der Waals surface area contributed by atoms with Crippen molar-refractivity contribution in [1.82, 2.24) is 0 Å². The van der Waals surface area contributed by atoms with E-state index in [0.717, 1.165) is 43.5 Å². The van der Waals surface area contributed by atoms with Crippen molar-refractivity contribution in [2.75, 3.05) is 25.5 Å². The molecule has 1 unspecified atom stereocenters. The molecule has 2 N–H and O–H groups in total. The number of phenolic OH excluding ortho intramolecular Hbond substituents is 1. The first-order valence-electron chi connectivity index (χ1n) is 10.5. The molecular weight excluding hydrogens is 489 g/mol. The molecule has 165 valence electrons. The maximum absolute atomic E-state index is 13.5. The number of aromatic hydroxyl groups is 1. The molecule has 2 heterocycles. The van der Waals surface area contributed by atoms with Crippen molar-refractivity contribution in [2.45, 2.75) is 52.1 Å². The largest absolute Gasteiger partial charge is 0.507 e. The molecule has 0 saturated carbocycles. The number of anilines is 1. The van der Waals surface area contributed by atoms with Crippen LogP contribution in [-0.4, -0.2) is 47.7 Å². The second kappa shape index (κ2) is 11.5. The Morgan fingerprint density at radius 1 is 1.23 bits per heavy atom. The number of piperidine rings is 1. The maximum atomic E-state index is 13.5. The molecule has 6 nitrogen and oxygen atoms in total. The van der Waals surface area contributed by atoms with E-state index in [-0.39, 0.29) is 50.4 Å². The standard InChI is InChI=1S/C23H30N2O4S.Y/c1-4-18(22(27)24-20-16(2)15-30-21(20)23(28)29-3)25(12-8-5-9-13-25)14-17-10-6-7-11-19(17)26;/h6-7,10-11,15,18H,4-5,8-9,12-14H2,1-3H3,(H-,24,26,27,28);/p+1. The zero-order chi connectivity index (χ0) is 21.7. The van der Waals surface area contributed by atoms with E-state index in [2.05, 4.69) is 5.32 Å². The van der Waals surface area contributed by atoms with Gasteiger partial charge in [-0.25, -0.2) is 4.79 Å². The predicted molar refractivity (Wildman–Crippen MR) is 119 cm³/mol. The first-order chi connectivity index (χ1) is 14.4. The molecule has 1 saturated heterocycles. The Morgan fingerprint density at radius 3 is 2.52 bits per heavy atom. The summed E-state index contributed by atoms with van der Waals surface area (Å²) in [5.41, 5.74) is 2.27. The number of rotatable bonds is 7. The third-order valence-electron chi connectivity index (χ3n) is 6.13. The minimum absolute atomic E-state index is 0. The Morgan fingerprint density at radius 2 is 1.90 bits per heavy atom. The summed E-state index contributed by atoms with van der Waals surface area (Å²) in [6.45, 7) is 6.32. The average molecular weight is 520 g/mol. The number of nitrogens with zero attached hydrogens (tertiary/aromatic N) is 1. The van der Waals surface area contributed by atoms with Crippen molar-refractivity contribution in [3.63, 3.8) is 0 Å². The molecule has 2 aromatic rings. The van der Waals surface area contributed by atoms with Gasteiger partial charge in [-0.1, -0.05) is 19.1 Å². The molecule has 1 aromatic carbocycles. The number of hydrogen-bond acceptors (Lipinski definition) is 5. The van der Waals surface area contributed by atoms with Gasteiger partial charge < -0.3 is 19.6 Å². The molecule has 0 bridgehead atoms. The second-order valence-electron chi connectivity index (χ2n) is 8.04. The monoisotopic (exact) mass is 520 g/mol. The number of likely N-dealkylation sites (tertiary alicyclic amines) is 1. The zero-order valence-electron chi connectivity index (χ0n) is 18.5. The quantitative estimate of drug-likeness (QED) is 0.418. The number of hydrogen-bond donors (Lipinski definition) is 2. The van der Waals surface area contributed by atoms with Gasteiger partial charge >= 0.3 is 5.97 Å². The number of amides is 1. The summed E-state index contributed by atoms with van der Waals surface area (Å²) in [5.74, 6) is -0.244. The molecule has 3 rings (SSSR count). The molecule has 1 atom stereocenters. The summed E-state index contributed by atoms with van der Waals surface area (Å²) >= 11 is 1.28. The first kappa shape index (κ1) is 26.0. The fraction of sp³-hybridized carbons (Fsp3) is 0.478. The molecular formula is C23H31N2O4SY+. The third kappa shape index (κ3) is 5.75. The predicted octanol–water partition coefficient (Wildman–Crippen LogP) is 4.46. The van der Waals surface area contributed by atoms with Crippen molar-refractivity contribution in [1.29, 1.82) is 0 Å². The molecule has 1 amide bonds. The van der Waals surface area contributed by atoms with Crippen LogP contribution < -0.4 is 5.32 Å². The van der Waals surface area contributed by atoms with E-state index in [0.29, 0.717) is 28.0 Å². The van der Waals surface area contributed by atoms with Crippen LogP contribution in [0.3, 0.4) is 0 Å². The third-order valence-corrected chi connectivity index (χ3v) is 7.21. The fourth-order valence-electron chi connectivity index (χ4n) is 4.58. The Labute approximate surface area is 213 Å². The molecule has 8 heteroatoms. The molecule has 0 aliphatic carbocycles. The van der Waals surface area contributed by atoms with Crippen molar-refractivity contribution in [2.24, 2.45) is 0 Å². The summed E-state index contributed by atoms with van der Waals surface area (Å²) < 4.78 is 5.50. The number of quaternary nitrogens is 1. The Kier molecular flexibility index (Phi) is 9.68. The molecule has 1 aliphatic rings. The van der Waals surface area contributed by atoms with Gasteiger partial charge in [0.1, 0.15) is 17.2 Å². The average Bonchev–Trinajstić information content (AvgIpc) is 3.10. The molecule has 1 fully saturated rings. The molecule has 1 radical (unpaired) electrons. The Bertz CT molecular complexity index is 909. The zero-order valence-corrected chi connectivity index (χ0v) is 22.2. The summed E-state index contributed by atoms with van der Waals surface area (Å²) in [4.78, 5) is 26.0. The fourth-order valence-corrected chi connectivity index (χ4v) is 5.50. The molecule has 31 heavy (non-hydrogen) atoms. The maximum Gasteiger partial charge on any atom is 0.350 e. The number of carbonyl (C=O) groups is 2. The van der Waals surface area contributed by atoms with Crippen molar-refractivity contribution in [3.05, 3.63) is 45.6 Å². The summed E-state index contributed by atoms with van der Waals surface area (Å²) in [7, 11) is 1.35. The number of ether oxygens (including phenoxy) is 1. The van der Waals surface area contributed by atoms with Gasteiger partial charge in [-0.2, -0.15) is 0 Å². The summed E-state index contributed by atoms with van der Waals surface area (Å²) in [6.07, 6.45) is 3.95. The van der Waals surface area contributed by atoms with E-state index in [1.807, 2.05) is 37.4 Å². The van der Waals surface area contributed by atoms with Gasteiger partial charge in [0.2, 0.25) is 0 Å². The Balaban J connectivity index is 0.00000341. The van der Waals surface area contributed by atoms with Crippen LogP contribution in [0.15, 0.2) is 29.6 Å². The van der Waals surface area contributed by atoms with Gasteiger partial charge in [0.05, 0.1) is 25.9 Å². The normalized spacial score (nSPS) is 16.1. The van der Waals surface area contributed by atoms with Crippen LogP contribution in [0.4, 0.5) is 5.69 Å². The molecule has 0 spiro atoms. The number of nitrogens with one attached hydrogen (secondary N) is 1. The van der Waals surface area contributed by atoms with Crippen molar-refractivity contribution in [3.8, 4) is 5.75 Å². The van der Waals surface area contributed by atoms with Gasteiger partial charge in [-0.3, -0.25) is 4.79 Å². The molecule has 1 aromatic heterocycles. The summed E-state index contributed by atoms with van der Waals surface area (Å²) in [5, 5.41) is 15.3. The topological polar surface area (TPSA) is 75.6 Å². The minimum atomic E-state index is -0.437. The van der Waals surface area contributed by atoms with E-state index in [1.165, 1.54) is 18.4 Å². The van der Waals surface area contributed by atoms with E-state index < -0.39 is 5.97 Å². The van der Waals surface area contributed by atoms with Crippen LogP contribution in [0.25, 0.3) is 0 Å². The first-order valence-corrected chi connectivity index (χ1v) is 11.4. The van der Waals surface area contributed by atoms with Crippen LogP contribution in [0, 0.1) is 6.92 Å². The second-order valence-corrected chi connectivity index (χ2v) is 8.92. The van der Waals surface area contributed by atoms with Crippen molar-refractivity contribution >= 4 is 28.9 Å². The molecule has 1 aliphatic heterocycles. The van der Waals surface area contributed by atoms with Crippen LogP contribution in [-0.2, 0) is 48.8 Å². The number of thiophene rings is 1. The van der Waals surface area contributed by atoms with Crippen molar-refractivity contribution < 1.29 is 56.6 Å². The van der Waals surface area contributed by atoms with Gasteiger partial charge in [-0.15, -0.1) is 11.3 Å². The number of para-hydroxylation sites is 1. The smallest absolute Gasteiger partial charge is 0.350 e. The minimum Gasteiger partial charge on any atom is -0.507 e. The number of aryl methyl sites for hydroxylation is 1. The number of phenols is 1. The van der Waals surface area contributed by atoms with Gasteiger partial charge in [0.15, 0.2) is 6.04 Å². The Hall–Kier alpha value is -1.28. The SMILES string of the molecule is CCC(C(=O)Nc1c(C)csc1C(=O)OC)[N+]1(Cc2ccccc2O)CCCCC1.[Y]. The number of benzene rings is 1. The van der Waals surface area contributed by atoms with Crippen LogP contribution in [0.1, 0.15) is 53.4 Å². The van der Waals surface area contributed by atoms with Crippen LogP contribution in [0.5, 0.6) is 5.75 Å². The number of methoxy groups -OCH3 is 1. The van der Waals surface area contributed by atoms with E-state index in [1.54, 1.807) is 6.07 Å². The number of esters is 1. The van der Waals surface area contributed by atoms with Gasteiger partial charge in [0.25, 0.3) is 5.91 Å². The van der Waals surface area contributed by atoms with Gasteiger partial charge in [-0.05, 0) is 49.3 Å².